The van der Waals surface area contributed by atoms with Gasteiger partial charge in [0.05, 0.1) is 46.2 Å². The minimum atomic E-state index is -2.30. The molecule has 0 unspecified atom stereocenters. The largest absolute Gasteiger partial charge is 0.394 e. The Morgan fingerprint density at radius 1 is 0.343 bits per heavy atom. The molecule has 5 saturated heterocycles. The van der Waals surface area contributed by atoms with E-state index in [0.29, 0.717) is 0 Å². The lowest BCUT2D eigenvalue weighted by Gasteiger charge is -2.49. The van der Waals surface area contributed by atoms with Gasteiger partial charge in [-0.15, -0.1) is 0 Å². The summed E-state index contributed by atoms with van der Waals surface area (Å²) in [5.41, 5.74) is 0. The zero-order valence-corrected chi connectivity index (χ0v) is 35.2. The molecule has 21 N–H and O–H groups in total. The molecule has 5 rings (SSSR count). The minimum Gasteiger partial charge on any atom is -0.394 e. The zero-order valence-electron chi connectivity index (χ0n) is 35.2. The third-order valence-electron chi connectivity index (χ3n) is 12.1. The Morgan fingerprint density at radius 2 is 0.672 bits per heavy atom. The molecule has 31 heteroatoms. The normalized spacial score (nSPS) is 48.4. The van der Waals surface area contributed by atoms with E-state index in [4.69, 9.17) is 47.4 Å². The van der Waals surface area contributed by atoms with E-state index < -0.39 is 224 Å². The van der Waals surface area contributed by atoms with Gasteiger partial charge < -0.3 is 155 Å². The Morgan fingerprint density at radius 3 is 1.07 bits per heavy atom. The van der Waals surface area contributed by atoms with Crippen molar-refractivity contribution in [1.82, 2.24) is 0 Å². The van der Waals surface area contributed by atoms with Gasteiger partial charge in [-0.2, -0.15) is 0 Å². The maximum Gasteiger partial charge on any atom is 0.187 e. The predicted octanol–water partition coefficient (Wildman–Crippen LogP) is -14.5. The zero-order chi connectivity index (χ0) is 49.8. The Bertz CT molecular complexity index is 1450. The molecule has 29 atom stereocenters. The molecule has 0 aromatic carbocycles. The molecule has 0 aliphatic carbocycles. The lowest BCUT2D eigenvalue weighted by Crippen LogP contribution is -2.67. The molecule has 5 heterocycles. The van der Waals surface area contributed by atoms with Gasteiger partial charge in [-0.1, -0.05) is 0 Å². The van der Waals surface area contributed by atoms with Crippen LogP contribution in [0.3, 0.4) is 0 Å². The van der Waals surface area contributed by atoms with Crippen molar-refractivity contribution < 1.29 is 155 Å². The molecular formula is C36H64O31. The topological polar surface area (TPSA) is 517 Å². The summed E-state index contributed by atoms with van der Waals surface area (Å²) in [5, 5.41) is 218. The molecule has 5 aliphatic heterocycles. The van der Waals surface area contributed by atoms with Crippen LogP contribution in [-0.2, 0) is 47.4 Å². The van der Waals surface area contributed by atoms with Gasteiger partial charge >= 0.3 is 0 Å². The second kappa shape index (κ2) is 24.9. The van der Waals surface area contributed by atoms with Crippen LogP contribution >= 0.6 is 0 Å². The van der Waals surface area contributed by atoms with Crippen molar-refractivity contribution in [3.63, 3.8) is 0 Å². The summed E-state index contributed by atoms with van der Waals surface area (Å²) in [6.07, 6.45) is -56.9. The summed E-state index contributed by atoms with van der Waals surface area (Å²) in [6.45, 7) is -6.99. The van der Waals surface area contributed by atoms with E-state index in [0.717, 1.165) is 0 Å². The third-order valence-corrected chi connectivity index (χ3v) is 12.1. The van der Waals surface area contributed by atoms with Gasteiger partial charge in [0, 0.05) is 0 Å². The van der Waals surface area contributed by atoms with Gasteiger partial charge in [-0.3, -0.25) is 0 Å². The number of ether oxygens (including phenoxy) is 10. The monoisotopic (exact) mass is 992 g/mol. The maximum absolute atomic E-state index is 11.5. The Hall–Kier alpha value is -1.24. The standard InChI is InChI=1S/C36H64O31/c37-1-8(43)15(45)28(9(44)2-38)64-36-27(57)22(52)31(67-35-26(56)21(51)30(13(6-42)62-35)66-34-24(54)19(49)17(47)11(4-40)60-34)14(63-36)7-58-32-25(55)20(50)29(12(5-41)61-32)65-33-23(53)18(48)16(46)10(3-39)59-33/h8-57H,1-7H2/t8-,9+,10+,11+,12+,13+,14+,15+,16-,17+,18-,19-,20+,21+,22+,23+,24+,25+,26+,27+,28-,29+,30+,31+,32+,33-,34-,35-,36+/m0/s1. The Labute approximate surface area is 378 Å². The summed E-state index contributed by atoms with van der Waals surface area (Å²) in [4.78, 5) is 0. The summed E-state index contributed by atoms with van der Waals surface area (Å²) in [6, 6.07) is 0. The number of hydrogen-bond donors (Lipinski definition) is 21. The van der Waals surface area contributed by atoms with Crippen molar-refractivity contribution in [1.29, 1.82) is 0 Å². The van der Waals surface area contributed by atoms with Crippen LogP contribution in [0, 0.1) is 0 Å². The van der Waals surface area contributed by atoms with E-state index >= 15 is 0 Å². The molecule has 0 aromatic rings. The molecule has 0 radical (unpaired) electrons. The van der Waals surface area contributed by atoms with Crippen LogP contribution in [0.5, 0.6) is 0 Å². The fourth-order valence-electron chi connectivity index (χ4n) is 8.01. The predicted molar refractivity (Wildman–Crippen MR) is 201 cm³/mol. The van der Waals surface area contributed by atoms with Crippen molar-refractivity contribution in [3.8, 4) is 0 Å². The number of aliphatic hydroxyl groups is 21. The molecular weight excluding hydrogens is 928 g/mol. The SMILES string of the molecule is OC[C@@H](O)[C@H](O[C@H]1O[C@H](CO[C@@H]2O[C@H](CO)[C@@H](O[C@@H]3O[C@H](CO)[C@H](O)[C@H](O)[C@H]3O)[C@H](O)[C@H]2O)[C@@H](O[C@@H]2O[C@H](CO)[C@@H](O[C@@H]3O[C@H](CO)[C@@H](O)[C@H](O)[C@H]3O)[C@H](O)[C@H]2O)[C@H](O)[C@H]1O)[C@H](O)[C@@H](O)CO. The van der Waals surface area contributed by atoms with Gasteiger partial charge in [0.1, 0.15) is 146 Å². The van der Waals surface area contributed by atoms with Crippen LogP contribution < -0.4 is 0 Å². The van der Waals surface area contributed by atoms with E-state index in [9.17, 15) is 107 Å². The fraction of sp³-hybridized carbons (Fsp3) is 1.00. The summed E-state index contributed by atoms with van der Waals surface area (Å²) in [5.74, 6) is 0. The lowest BCUT2D eigenvalue weighted by molar-refractivity contribution is -0.388. The van der Waals surface area contributed by atoms with Crippen LogP contribution in [0.15, 0.2) is 0 Å². The second-order valence-corrected chi connectivity index (χ2v) is 16.6. The molecule has 5 fully saturated rings. The van der Waals surface area contributed by atoms with Crippen LogP contribution in [0.2, 0.25) is 0 Å². The summed E-state index contributed by atoms with van der Waals surface area (Å²) in [7, 11) is 0. The van der Waals surface area contributed by atoms with E-state index in [1.807, 2.05) is 0 Å². The highest BCUT2D eigenvalue weighted by Crippen LogP contribution is 2.35. The van der Waals surface area contributed by atoms with Crippen molar-refractivity contribution in [2.24, 2.45) is 0 Å². The molecule has 0 amide bonds. The molecule has 0 aromatic heterocycles. The van der Waals surface area contributed by atoms with Crippen molar-refractivity contribution >= 4 is 0 Å². The van der Waals surface area contributed by atoms with E-state index in [1.165, 1.54) is 0 Å². The van der Waals surface area contributed by atoms with Crippen LogP contribution in [0.4, 0.5) is 0 Å². The first kappa shape index (κ1) is 56.7. The van der Waals surface area contributed by atoms with Gasteiger partial charge in [-0.25, -0.2) is 0 Å². The molecule has 394 valence electrons. The van der Waals surface area contributed by atoms with Gasteiger partial charge in [-0.05, 0) is 0 Å². The molecule has 67 heavy (non-hydrogen) atoms. The highest BCUT2D eigenvalue weighted by molar-refractivity contribution is 4.99. The van der Waals surface area contributed by atoms with Gasteiger partial charge in [0.25, 0.3) is 0 Å². The van der Waals surface area contributed by atoms with Crippen molar-refractivity contribution in [2.45, 2.75) is 178 Å². The first-order valence-corrected chi connectivity index (χ1v) is 21.1. The first-order valence-electron chi connectivity index (χ1n) is 21.1. The van der Waals surface area contributed by atoms with E-state index in [-0.39, 0.29) is 0 Å². The van der Waals surface area contributed by atoms with Crippen molar-refractivity contribution in [3.05, 3.63) is 0 Å². The number of rotatable bonds is 20. The first-order chi connectivity index (χ1) is 31.7. The highest BCUT2D eigenvalue weighted by Gasteiger charge is 2.56. The second-order valence-electron chi connectivity index (χ2n) is 16.6. The molecule has 0 bridgehead atoms. The quantitative estimate of drug-likeness (QED) is 0.0538. The smallest absolute Gasteiger partial charge is 0.187 e. The van der Waals surface area contributed by atoms with Gasteiger partial charge in [0.15, 0.2) is 31.5 Å². The summed E-state index contributed by atoms with van der Waals surface area (Å²) >= 11 is 0. The average Bonchev–Trinajstić information content (AvgIpc) is 3.32. The van der Waals surface area contributed by atoms with Crippen LogP contribution in [-0.4, -0.2) is 331 Å². The molecule has 0 spiro atoms. The van der Waals surface area contributed by atoms with Crippen molar-refractivity contribution in [2.75, 3.05) is 46.2 Å². The van der Waals surface area contributed by atoms with E-state index in [1.54, 1.807) is 0 Å². The Kier molecular flexibility index (Phi) is 21.1. The maximum atomic E-state index is 11.5. The average molecular weight is 993 g/mol. The molecule has 0 saturated carbocycles. The molecule has 31 nitrogen and oxygen atoms in total. The number of hydrogen-bond acceptors (Lipinski definition) is 31. The van der Waals surface area contributed by atoms with E-state index in [2.05, 4.69) is 0 Å². The third kappa shape index (κ3) is 12.3. The fourth-order valence-corrected chi connectivity index (χ4v) is 8.01. The molecule has 5 aliphatic rings. The minimum absolute atomic E-state index is 0.856. The van der Waals surface area contributed by atoms with Crippen LogP contribution in [0.25, 0.3) is 0 Å². The highest BCUT2D eigenvalue weighted by atomic mass is 16.8. The summed E-state index contributed by atoms with van der Waals surface area (Å²) < 4.78 is 55.6. The lowest BCUT2D eigenvalue weighted by atomic mass is 9.95. The van der Waals surface area contributed by atoms with Gasteiger partial charge in [0.2, 0.25) is 0 Å². The number of aliphatic hydroxyl groups excluding tert-OH is 21. The van der Waals surface area contributed by atoms with Crippen LogP contribution in [0.1, 0.15) is 0 Å². The Balaban J connectivity index is 1.37.